The number of carbonyl (C=O) groups is 2. The molecule has 1 aromatic rings. The molecule has 0 bridgehead atoms. The van der Waals surface area contributed by atoms with E-state index >= 15 is 0 Å². The summed E-state index contributed by atoms with van der Waals surface area (Å²) in [4.78, 5) is 27.0. The molecule has 1 rings (SSSR count). The Morgan fingerprint density at radius 1 is 1.32 bits per heavy atom. The molecule has 1 aromatic heterocycles. The van der Waals surface area contributed by atoms with Gasteiger partial charge in [0, 0.05) is 17.1 Å². The highest BCUT2D eigenvalue weighted by Gasteiger charge is 2.17. The second kappa shape index (κ2) is 6.65. The van der Waals surface area contributed by atoms with E-state index < -0.39 is 5.60 Å². The van der Waals surface area contributed by atoms with Gasteiger partial charge in [-0.05, 0) is 42.8 Å². The Balaban J connectivity index is 2.38. The zero-order valence-electron chi connectivity index (χ0n) is 11.2. The van der Waals surface area contributed by atoms with E-state index in [1.54, 1.807) is 33.0 Å². The summed E-state index contributed by atoms with van der Waals surface area (Å²) in [7, 11) is 0. The van der Waals surface area contributed by atoms with E-state index in [4.69, 9.17) is 4.74 Å². The third-order valence-corrected chi connectivity index (χ3v) is 2.40. The van der Waals surface area contributed by atoms with Crippen LogP contribution in [0.1, 0.15) is 33.6 Å². The lowest BCUT2D eigenvalue weighted by molar-refractivity contribution is -0.155. The van der Waals surface area contributed by atoms with Gasteiger partial charge < -0.3 is 10.1 Å². The summed E-state index contributed by atoms with van der Waals surface area (Å²) >= 11 is 3.26. The Hall–Kier alpha value is -1.43. The fraction of sp³-hybridized carbons (Fsp3) is 0.462. The van der Waals surface area contributed by atoms with E-state index in [1.807, 2.05) is 0 Å². The average Bonchev–Trinajstić information content (AvgIpc) is 2.24. The number of hydrogen-bond acceptors (Lipinski definition) is 4. The number of halogens is 1. The molecule has 0 saturated carbocycles. The van der Waals surface area contributed by atoms with Gasteiger partial charge in [0.15, 0.2) is 0 Å². The average molecular weight is 329 g/mol. The van der Waals surface area contributed by atoms with Gasteiger partial charge in [-0.3, -0.25) is 14.6 Å². The van der Waals surface area contributed by atoms with Crippen LogP contribution in [0, 0.1) is 0 Å². The third kappa shape index (κ3) is 6.91. The number of nitrogens with one attached hydrogen (secondary N) is 1. The lowest BCUT2D eigenvalue weighted by Crippen LogP contribution is -2.24. The number of amides is 1. The lowest BCUT2D eigenvalue weighted by Gasteiger charge is -2.19. The van der Waals surface area contributed by atoms with Crippen LogP contribution in [0.4, 0.5) is 5.69 Å². The zero-order valence-corrected chi connectivity index (χ0v) is 12.8. The number of nitrogens with zero attached hydrogens (tertiary/aromatic N) is 1. The summed E-state index contributed by atoms with van der Waals surface area (Å²) in [6.45, 7) is 5.37. The molecule has 0 fully saturated rings. The highest BCUT2D eigenvalue weighted by atomic mass is 79.9. The summed E-state index contributed by atoms with van der Waals surface area (Å²) in [6.07, 6.45) is 3.30. The molecule has 1 N–H and O–H groups in total. The van der Waals surface area contributed by atoms with E-state index in [-0.39, 0.29) is 24.7 Å². The first kappa shape index (κ1) is 15.6. The molecule has 6 heteroatoms. The summed E-state index contributed by atoms with van der Waals surface area (Å²) in [5, 5.41) is 2.66. The number of hydrogen-bond donors (Lipinski definition) is 1. The number of aromatic nitrogens is 1. The first-order valence-electron chi connectivity index (χ1n) is 5.88. The van der Waals surface area contributed by atoms with Crippen molar-refractivity contribution >= 4 is 33.5 Å². The van der Waals surface area contributed by atoms with Crippen molar-refractivity contribution in [3.63, 3.8) is 0 Å². The Morgan fingerprint density at radius 3 is 2.58 bits per heavy atom. The maximum Gasteiger partial charge on any atom is 0.306 e. The molecule has 0 aromatic carbocycles. The van der Waals surface area contributed by atoms with Crippen LogP contribution in [0.15, 0.2) is 22.9 Å². The van der Waals surface area contributed by atoms with Crippen LogP contribution in [0.25, 0.3) is 0 Å². The molecule has 1 amide bonds. The zero-order chi connectivity index (χ0) is 14.5. The Labute approximate surface area is 120 Å². The number of rotatable bonds is 4. The summed E-state index contributed by atoms with van der Waals surface area (Å²) in [5.74, 6) is -0.624. The number of esters is 1. The van der Waals surface area contributed by atoms with Gasteiger partial charge in [-0.1, -0.05) is 0 Å². The molecule has 0 aliphatic heterocycles. The van der Waals surface area contributed by atoms with Crippen LogP contribution < -0.4 is 5.32 Å². The van der Waals surface area contributed by atoms with Gasteiger partial charge in [-0.15, -0.1) is 0 Å². The molecule has 104 valence electrons. The molecule has 0 spiro atoms. The van der Waals surface area contributed by atoms with Gasteiger partial charge in [0.25, 0.3) is 0 Å². The second-order valence-corrected chi connectivity index (χ2v) is 5.94. The third-order valence-electron chi connectivity index (χ3n) is 1.96. The van der Waals surface area contributed by atoms with Gasteiger partial charge in [-0.25, -0.2) is 0 Å². The van der Waals surface area contributed by atoms with Crippen LogP contribution in [-0.2, 0) is 14.3 Å². The van der Waals surface area contributed by atoms with E-state index in [1.165, 1.54) is 6.20 Å². The Bertz CT molecular complexity index is 469. The molecule has 0 saturated heterocycles. The van der Waals surface area contributed by atoms with Gasteiger partial charge >= 0.3 is 5.97 Å². The summed E-state index contributed by atoms with van der Waals surface area (Å²) < 4.78 is 5.89. The number of carbonyl (C=O) groups excluding carboxylic acids is 2. The van der Waals surface area contributed by atoms with Crippen molar-refractivity contribution in [3.8, 4) is 0 Å². The smallest absolute Gasteiger partial charge is 0.306 e. The molecule has 0 aliphatic rings. The second-order valence-electron chi connectivity index (χ2n) is 5.03. The van der Waals surface area contributed by atoms with Crippen molar-refractivity contribution in [3.05, 3.63) is 22.9 Å². The van der Waals surface area contributed by atoms with Gasteiger partial charge in [-0.2, -0.15) is 0 Å². The first-order chi connectivity index (χ1) is 8.76. The minimum absolute atomic E-state index is 0.0601. The largest absolute Gasteiger partial charge is 0.460 e. The predicted molar refractivity (Wildman–Crippen MR) is 75.6 cm³/mol. The van der Waals surface area contributed by atoms with Crippen molar-refractivity contribution in [2.75, 3.05) is 5.32 Å². The molecular formula is C13H17BrN2O3. The topological polar surface area (TPSA) is 68.3 Å². The van der Waals surface area contributed by atoms with Crippen LogP contribution in [-0.4, -0.2) is 22.5 Å². The highest BCUT2D eigenvalue weighted by Crippen LogP contribution is 2.14. The molecule has 19 heavy (non-hydrogen) atoms. The van der Waals surface area contributed by atoms with Crippen molar-refractivity contribution in [2.24, 2.45) is 0 Å². The van der Waals surface area contributed by atoms with Crippen LogP contribution in [0.2, 0.25) is 0 Å². The molecule has 0 radical (unpaired) electrons. The monoisotopic (exact) mass is 328 g/mol. The van der Waals surface area contributed by atoms with Crippen molar-refractivity contribution in [2.45, 2.75) is 39.2 Å². The van der Waals surface area contributed by atoms with Crippen molar-refractivity contribution in [1.29, 1.82) is 0 Å². The fourth-order valence-electron chi connectivity index (χ4n) is 1.31. The number of ether oxygens (including phenoxy) is 1. The highest BCUT2D eigenvalue weighted by molar-refractivity contribution is 9.10. The van der Waals surface area contributed by atoms with Crippen LogP contribution in [0.5, 0.6) is 0 Å². The normalized spacial score (nSPS) is 10.9. The Morgan fingerprint density at radius 2 is 2.00 bits per heavy atom. The van der Waals surface area contributed by atoms with Gasteiger partial charge in [0.1, 0.15) is 5.60 Å². The molecule has 0 atom stereocenters. The number of anilines is 1. The van der Waals surface area contributed by atoms with Gasteiger partial charge in [0.2, 0.25) is 5.91 Å². The maximum absolute atomic E-state index is 11.6. The quantitative estimate of drug-likeness (QED) is 0.863. The Kier molecular flexibility index (Phi) is 5.47. The minimum Gasteiger partial charge on any atom is -0.460 e. The molecule has 0 aliphatic carbocycles. The van der Waals surface area contributed by atoms with E-state index in [0.29, 0.717) is 5.69 Å². The SMILES string of the molecule is CC(C)(C)OC(=O)CCC(=O)Nc1cncc(Br)c1. The minimum atomic E-state index is -0.526. The maximum atomic E-state index is 11.6. The molecule has 5 nitrogen and oxygen atoms in total. The predicted octanol–water partition coefficient (Wildman–Crippen LogP) is 2.90. The number of pyridine rings is 1. The van der Waals surface area contributed by atoms with Crippen molar-refractivity contribution < 1.29 is 14.3 Å². The summed E-state index contributed by atoms with van der Waals surface area (Å²) in [6, 6.07) is 1.73. The van der Waals surface area contributed by atoms with Gasteiger partial charge in [0.05, 0.1) is 18.3 Å². The fourth-order valence-corrected chi connectivity index (χ4v) is 1.68. The van der Waals surface area contributed by atoms with Crippen molar-refractivity contribution in [1.82, 2.24) is 4.98 Å². The molecule has 1 heterocycles. The molecular weight excluding hydrogens is 312 g/mol. The summed E-state index contributed by atoms with van der Waals surface area (Å²) in [5.41, 5.74) is 0.0606. The standard InChI is InChI=1S/C13H17BrN2O3/c1-13(2,3)19-12(18)5-4-11(17)16-10-6-9(14)7-15-8-10/h6-8H,4-5H2,1-3H3,(H,16,17). The lowest BCUT2D eigenvalue weighted by atomic mass is 10.2. The van der Waals surface area contributed by atoms with E-state index in [0.717, 1.165) is 4.47 Å². The van der Waals surface area contributed by atoms with E-state index in [2.05, 4.69) is 26.2 Å². The first-order valence-corrected chi connectivity index (χ1v) is 6.68. The van der Waals surface area contributed by atoms with Crippen LogP contribution in [0.3, 0.4) is 0 Å². The van der Waals surface area contributed by atoms with E-state index in [9.17, 15) is 9.59 Å². The molecule has 0 unspecified atom stereocenters. The van der Waals surface area contributed by atoms with Crippen LogP contribution >= 0.6 is 15.9 Å².